The van der Waals surface area contributed by atoms with Gasteiger partial charge in [0.05, 0.1) is 13.7 Å². The third-order valence-electron chi connectivity index (χ3n) is 2.48. The average Bonchev–Trinajstić information content (AvgIpc) is 2.33. The zero-order valence-corrected chi connectivity index (χ0v) is 10.6. The highest BCUT2D eigenvalue weighted by Crippen LogP contribution is 2.21. The third kappa shape index (κ3) is 3.40. The molecule has 1 aromatic carbocycles. The van der Waals surface area contributed by atoms with Gasteiger partial charge in [0, 0.05) is 25.2 Å². The van der Waals surface area contributed by atoms with Crippen LogP contribution in [0.3, 0.4) is 0 Å². The van der Waals surface area contributed by atoms with Crippen LogP contribution in [0.4, 0.5) is 8.78 Å². The van der Waals surface area contributed by atoms with E-state index in [1.165, 1.54) is 19.1 Å². The summed E-state index contributed by atoms with van der Waals surface area (Å²) in [5, 5.41) is 2.70. The van der Waals surface area contributed by atoms with Crippen molar-refractivity contribution < 1.29 is 18.3 Å². The molecule has 1 amide bonds. The lowest BCUT2D eigenvalue weighted by molar-refractivity contribution is -0.129. The normalized spacial score (nSPS) is 10.3. The van der Waals surface area contributed by atoms with Crippen molar-refractivity contribution in [2.45, 2.75) is 6.54 Å². The zero-order chi connectivity index (χ0) is 13.7. The quantitative estimate of drug-likeness (QED) is 0.861. The Labute approximate surface area is 105 Å². The molecule has 0 fully saturated rings. The van der Waals surface area contributed by atoms with Crippen molar-refractivity contribution in [2.75, 3.05) is 27.7 Å². The van der Waals surface area contributed by atoms with Gasteiger partial charge in [-0.2, -0.15) is 0 Å². The molecule has 0 aliphatic carbocycles. The number of benzene rings is 1. The highest BCUT2D eigenvalue weighted by atomic mass is 19.1. The summed E-state index contributed by atoms with van der Waals surface area (Å²) in [4.78, 5) is 12.8. The molecule has 0 aliphatic heterocycles. The number of hydrogen-bond donors (Lipinski definition) is 1. The monoisotopic (exact) mass is 258 g/mol. The van der Waals surface area contributed by atoms with Gasteiger partial charge in [-0.25, -0.2) is 8.78 Å². The molecule has 6 heteroatoms. The summed E-state index contributed by atoms with van der Waals surface area (Å²) in [6, 6.07) is 2.01. The predicted molar refractivity (Wildman–Crippen MR) is 63.3 cm³/mol. The highest BCUT2D eigenvalue weighted by molar-refractivity contribution is 5.77. The van der Waals surface area contributed by atoms with Crippen molar-refractivity contribution in [3.05, 3.63) is 29.3 Å². The molecule has 100 valence electrons. The fourth-order valence-electron chi connectivity index (χ4n) is 1.48. The Morgan fingerprint density at radius 1 is 1.39 bits per heavy atom. The molecule has 1 N–H and O–H groups in total. The van der Waals surface area contributed by atoms with Gasteiger partial charge in [-0.15, -0.1) is 0 Å². The van der Waals surface area contributed by atoms with E-state index in [0.29, 0.717) is 0 Å². The Morgan fingerprint density at radius 2 is 2.06 bits per heavy atom. The maximum absolute atomic E-state index is 13.6. The minimum absolute atomic E-state index is 0.00720. The second-order valence-corrected chi connectivity index (χ2v) is 3.86. The second kappa shape index (κ2) is 6.30. The van der Waals surface area contributed by atoms with Gasteiger partial charge >= 0.3 is 0 Å². The van der Waals surface area contributed by atoms with Crippen molar-refractivity contribution in [3.8, 4) is 5.75 Å². The first-order valence-corrected chi connectivity index (χ1v) is 5.40. The standard InChI is InChI=1S/C12H16F2N2O2/c1-15-6-12(17)16(2)7-8-4-10(14)11(18-3)5-9(8)13/h4-5,15H,6-7H2,1-3H3. The van der Waals surface area contributed by atoms with E-state index in [4.69, 9.17) is 0 Å². The first-order chi connectivity index (χ1) is 8.49. The SMILES string of the molecule is CNCC(=O)N(C)Cc1cc(F)c(OC)cc1F. The first kappa shape index (κ1) is 14.4. The van der Waals surface area contributed by atoms with E-state index >= 15 is 0 Å². The summed E-state index contributed by atoms with van der Waals surface area (Å²) in [6.45, 7) is 0.157. The van der Waals surface area contributed by atoms with E-state index in [0.717, 1.165) is 12.1 Å². The van der Waals surface area contributed by atoms with Gasteiger partial charge in [-0.05, 0) is 13.1 Å². The summed E-state index contributed by atoms with van der Waals surface area (Å²) >= 11 is 0. The van der Waals surface area contributed by atoms with Gasteiger partial charge in [-0.3, -0.25) is 4.79 Å². The molecule has 0 saturated heterocycles. The topological polar surface area (TPSA) is 41.6 Å². The molecule has 0 bridgehead atoms. The molecule has 0 spiro atoms. The second-order valence-electron chi connectivity index (χ2n) is 3.86. The minimum atomic E-state index is -0.650. The summed E-state index contributed by atoms with van der Waals surface area (Å²) in [5.41, 5.74) is 0.111. The largest absolute Gasteiger partial charge is 0.494 e. The summed E-state index contributed by atoms with van der Waals surface area (Å²) in [7, 11) is 4.43. The summed E-state index contributed by atoms with van der Waals surface area (Å²) in [6.07, 6.45) is 0. The van der Waals surface area contributed by atoms with E-state index in [1.807, 2.05) is 0 Å². The summed E-state index contributed by atoms with van der Waals surface area (Å²) < 4.78 is 31.7. The van der Waals surface area contributed by atoms with Gasteiger partial charge in [0.1, 0.15) is 5.82 Å². The van der Waals surface area contributed by atoms with Crippen LogP contribution in [-0.4, -0.2) is 38.6 Å². The van der Waals surface area contributed by atoms with Gasteiger partial charge in [-0.1, -0.05) is 0 Å². The van der Waals surface area contributed by atoms with E-state index < -0.39 is 11.6 Å². The minimum Gasteiger partial charge on any atom is -0.494 e. The molecule has 0 heterocycles. The van der Waals surface area contributed by atoms with E-state index in [2.05, 4.69) is 10.1 Å². The average molecular weight is 258 g/mol. The number of carbonyl (C=O) groups is 1. The molecule has 0 unspecified atom stereocenters. The van der Waals surface area contributed by atoms with E-state index in [-0.39, 0.29) is 30.3 Å². The molecular formula is C12H16F2N2O2. The molecule has 0 radical (unpaired) electrons. The van der Waals surface area contributed by atoms with Gasteiger partial charge in [0.25, 0.3) is 0 Å². The van der Waals surface area contributed by atoms with Crippen LogP contribution in [0.5, 0.6) is 5.75 Å². The molecule has 1 rings (SSSR count). The molecule has 0 atom stereocenters. The van der Waals surface area contributed by atoms with Gasteiger partial charge in [0.2, 0.25) is 5.91 Å². The predicted octanol–water partition coefficient (Wildman–Crippen LogP) is 1.15. The van der Waals surface area contributed by atoms with Crippen molar-refractivity contribution in [2.24, 2.45) is 0 Å². The van der Waals surface area contributed by atoms with Gasteiger partial charge in [0.15, 0.2) is 11.6 Å². The van der Waals surface area contributed by atoms with Crippen LogP contribution < -0.4 is 10.1 Å². The fraction of sp³-hybridized carbons (Fsp3) is 0.417. The molecule has 0 saturated carbocycles. The Bertz CT molecular complexity index is 438. The first-order valence-electron chi connectivity index (χ1n) is 5.40. The number of methoxy groups -OCH3 is 1. The Kier molecular flexibility index (Phi) is 5.03. The van der Waals surface area contributed by atoms with Crippen LogP contribution >= 0.6 is 0 Å². The van der Waals surface area contributed by atoms with Crippen molar-refractivity contribution in [1.82, 2.24) is 10.2 Å². The Balaban J connectivity index is 2.85. The molecule has 18 heavy (non-hydrogen) atoms. The maximum atomic E-state index is 13.6. The van der Waals surface area contributed by atoms with Crippen LogP contribution in [0.1, 0.15) is 5.56 Å². The lowest BCUT2D eigenvalue weighted by Gasteiger charge is -2.18. The number of likely N-dealkylation sites (N-methyl/N-ethyl adjacent to an activating group) is 2. The molecule has 0 aliphatic rings. The lowest BCUT2D eigenvalue weighted by atomic mass is 10.2. The van der Waals surface area contributed by atoms with Gasteiger partial charge < -0.3 is 15.0 Å². The third-order valence-corrected chi connectivity index (χ3v) is 2.48. The van der Waals surface area contributed by atoms with Crippen LogP contribution in [-0.2, 0) is 11.3 Å². The van der Waals surface area contributed by atoms with Crippen LogP contribution in [0.25, 0.3) is 0 Å². The van der Waals surface area contributed by atoms with E-state index in [9.17, 15) is 13.6 Å². The number of amides is 1. The van der Waals surface area contributed by atoms with Crippen LogP contribution in [0.2, 0.25) is 0 Å². The molecule has 1 aromatic rings. The number of carbonyl (C=O) groups excluding carboxylic acids is 1. The smallest absolute Gasteiger partial charge is 0.236 e. The number of nitrogens with one attached hydrogen (secondary N) is 1. The number of rotatable bonds is 5. The lowest BCUT2D eigenvalue weighted by Crippen LogP contribution is -2.33. The Hall–Kier alpha value is -1.69. The van der Waals surface area contributed by atoms with Crippen molar-refractivity contribution in [3.63, 3.8) is 0 Å². The van der Waals surface area contributed by atoms with Crippen molar-refractivity contribution >= 4 is 5.91 Å². The van der Waals surface area contributed by atoms with Crippen molar-refractivity contribution in [1.29, 1.82) is 0 Å². The van der Waals surface area contributed by atoms with Crippen LogP contribution in [0, 0.1) is 11.6 Å². The number of nitrogens with zero attached hydrogens (tertiary/aromatic N) is 1. The molecule has 0 aromatic heterocycles. The van der Waals surface area contributed by atoms with Crippen LogP contribution in [0.15, 0.2) is 12.1 Å². The fourth-order valence-corrected chi connectivity index (χ4v) is 1.48. The molecular weight excluding hydrogens is 242 g/mol. The zero-order valence-electron chi connectivity index (χ0n) is 10.6. The van der Waals surface area contributed by atoms with E-state index in [1.54, 1.807) is 7.05 Å². The number of ether oxygens (including phenoxy) is 1. The molecule has 4 nitrogen and oxygen atoms in total. The highest BCUT2D eigenvalue weighted by Gasteiger charge is 2.14. The number of halogens is 2. The summed E-state index contributed by atoms with van der Waals surface area (Å²) in [5.74, 6) is -1.60. The maximum Gasteiger partial charge on any atom is 0.236 e. The Morgan fingerprint density at radius 3 is 2.61 bits per heavy atom. The number of hydrogen-bond acceptors (Lipinski definition) is 3.